The molecular weight excluding hydrogens is 374 g/mol. The summed E-state index contributed by atoms with van der Waals surface area (Å²) in [4.78, 5) is 4.18. The van der Waals surface area contributed by atoms with E-state index in [0.717, 1.165) is 21.9 Å². The molecule has 1 N–H and O–H groups in total. The predicted octanol–water partition coefficient (Wildman–Crippen LogP) is 3.80. The van der Waals surface area contributed by atoms with Gasteiger partial charge in [0.05, 0.1) is 0 Å². The molecule has 102 valence electrons. The fraction of sp³-hybridized carbons (Fsp3) is 0.385. The first-order valence-electron chi connectivity index (χ1n) is 6.04. The van der Waals surface area contributed by atoms with Gasteiger partial charge in [-0.25, -0.2) is 0 Å². The summed E-state index contributed by atoms with van der Waals surface area (Å²) in [6.07, 6.45) is 0.735. The quantitative estimate of drug-likeness (QED) is 0.846. The molecule has 1 atom stereocenters. The fourth-order valence-electron chi connectivity index (χ4n) is 1.80. The summed E-state index contributed by atoms with van der Waals surface area (Å²) in [6, 6.07) is 6.45. The van der Waals surface area contributed by atoms with E-state index in [1.807, 2.05) is 13.0 Å². The normalized spacial score (nSPS) is 12.6. The van der Waals surface area contributed by atoms with Crippen molar-refractivity contribution in [2.45, 2.75) is 26.3 Å². The maximum atomic E-state index is 5.07. The average molecular weight is 389 g/mol. The number of halogens is 2. The molecule has 4 nitrogen and oxygen atoms in total. The van der Waals surface area contributed by atoms with Crippen LogP contribution >= 0.6 is 31.9 Å². The fourth-order valence-corrected chi connectivity index (χ4v) is 3.19. The molecule has 1 heterocycles. The van der Waals surface area contributed by atoms with Crippen molar-refractivity contribution < 1.29 is 4.52 Å². The van der Waals surface area contributed by atoms with Gasteiger partial charge >= 0.3 is 0 Å². The Morgan fingerprint density at radius 1 is 1.37 bits per heavy atom. The van der Waals surface area contributed by atoms with Crippen LogP contribution in [0.3, 0.4) is 0 Å². The molecule has 0 radical (unpaired) electrons. The second-order valence-corrected chi connectivity index (χ2v) is 6.10. The number of aryl methyl sites for hydroxylation is 1. The summed E-state index contributed by atoms with van der Waals surface area (Å²) < 4.78 is 7.23. The van der Waals surface area contributed by atoms with Crippen LogP contribution in [0.2, 0.25) is 0 Å². The molecule has 19 heavy (non-hydrogen) atoms. The largest absolute Gasteiger partial charge is 0.339 e. The molecule has 0 aliphatic rings. The molecular formula is C13H15Br2N3O. The average Bonchev–Trinajstić information content (AvgIpc) is 2.75. The Balaban J connectivity index is 1.88. The Hall–Kier alpha value is -0.720. The van der Waals surface area contributed by atoms with E-state index in [1.165, 1.54) is 5.56 Å². The highest BCUT2D eigenvalue weighted by molar-refractivity contribution is 9.11. The van der Waals surface area contributed by atoms with E-state index in [0.29, 0.717) is 11.7 Å². The highest BCUT2D eigenvalue weighted by atomic mass is 79.9. The van der Waals surface area contributed by atoms with Crippen molar-refractivity contribution in [2.24, 2.45) is 0 Å². The maximum Gasteiger partial charge on any atom is 0.227 e. The van der Waals surface area contributed by atoms with Crippen molar-refractivity contribution in [2.75, 3.05) is 6.54 Å². The summed E-state index contributed by atoms with van der Waals surface area (Å²) in [7, 11) is 0. The molecule has 0 saturated carbocycles. The zero-order valence-corrected chi connectivity index (χ0v) is 14.0. The summed E-state index contributed by atoms with van der Waals surface area (Å²) in [5, 5.41) is 7.21. The zero-order chi connectivity index (χ0) is 13.8. The van der Waals surface area contributed by atoms with Gasteiger partial charge in [0.25, 0.3) is 0 Å². The lowest BCUT2D eigenvalue weighted by molar-refractivity contribution is 0.370. The van der Waals surface area contributed by atoms with Crippen LogP contribution in [0.4, 0.5) is 0 Å². The van der Waals surface area contributed by atoms with Crippen molar-refractivity contribution in [3.05, 3.63) is 44.4 Å². The number of nitrogens with one attached hydrogen (secondary N) is 1. The van der Waals surface area contributed by atoms with Gasteiger partial charge in [-0.3, -0.25) is 0 Å². The minimum atomic E-state index is 0.256. The summed E-state index contributed by atoms with van der Waals surface area (Å²) >= 11 is 7.03. The summed E-state index contributed by atoms with van der Waals surface area (Å²) in [6.45, 7) is 4.75. The van der Waals surface area contributed by atoms with Gasteiger partial charge in [-0.15, -0.1) is 0 Å². The van der Waals surface area contributed by atoms with Gasteiger partial charge in [0.15, 0.2) is 5.82 Å². The van der Waals surface area contributed by atoms with Crippen LogP contribution in [0, 0.1) is 6.92 Å². The third-order valence-corrected chi connectivity index (χ3v) is 3.97. The molecule has 2 rings (SSSR count). The molecule has 0 aliphatic carbocycles. The molecule has 6 heteroatoms. The monoisotopic (exact) mass is 387 g/mol. The summed E-state index contributed by atoms with van der Waals surface area (Å²) in [5.74, 6) is 1.35. The molecule has 0 bridgehead atoms. The van der Waals surface area contributed by atoms with Crippen molar-refractivity contribution in [1.82, 2.24) is 15.5 Å². The minimum absolute atomic E-state index is 0.256. The minimum Gasteiger partial charge on any atom is -0.339 e. The van der Waals surface area contributed by atoms with Crippen LogP contribution < -0.4 is 5.32 Å². The summed E-state index contributed by atoms with van der Waals surface area (Å²) in [5.41, 5.74) is 1.23. The Bertz CT molecular complexity index is 557. The van der Waals surface area contributed by atoms with Crippen LogP contribution in [0.15, 0.2) is 31.7 Å². The van der Waals surface area contributed by atoms with Crippen LogP contribution in [0.1, 0.15) is 30.2 Å². The van der Waals surface area contributed by atoms with Crippen LogP contribution in [0.25, 0.3) is 0 Å². The first-order chi connectivity index (χ1) is 9.06. The van der Waals surface area contributed by atoms with Gasteiger partial charge < -0.3 is 9.84 Å². The molecule has 0 amide bonds. The maximum absolute atomic E-state index is 5.07. The molecule has 0 spiro atoms. The first-order valence-corrected chi connectivity index (χ1v) is 7.62. The van der Waals surface area contributed by atoms with Gasteiger partial charge in [0.2, 0.25) is 5.89 Å². The van der Waals surface area contributed by atoms with Gasteiger partial charge in [0.1, 0.15) is 0 Å². The molecule has 1 aromatic heterocycles. The molecule has 0 aliphatic heterocycles. The number of aromatic nitrogens is 2. The Morgan fingerprint density at radius 3 is 2.79 bits per heavy atom. The highest BCUT2D eigenvalue weighted by Gasteiger charge is 2.10. The van der Waals surface area contributed by atoms with Crippen molar-refractivity contribution in [3.8, 4) is 0 Å². The molecule has 2 aromatic rings. The molecule has 1 aromatic carbocycles. The molecule has 1 unspecified atom stereocenters. The van der Waals surface area contributed by atoms with Crippen molar-refractivity contribution in [3.63, 3.8) is 0 Å². The third-order valence-electron chi connectivity index (χ3n) is 2.79. The first kappa shape index (κ1) is 14.7. The van der Waals surface area contributed by atoms with Gasteiger partial charge in [-0.05, 0) is 31.5 Å². The highest BCUT2D eigenvalue weighted by Crippen LogP contribution is 2.26. The van der Waals surface area contributed by atoms with Crippen molar-refractivity contribution in [1.29, 1.82) is 0 Å². The number of benzene rings is 1. The molecule has 0 saturated heterocycles. The lowest BCUT2D eigenvalue weighted by Gasteiger charge is -2.15. The number of rotatable bonds is 5. The van der Waals surface area contributed by atoms with Crippen molar-refractivity contribution >= 4 is 31.9 Å². The molecule has 0 fully saturated rings. The van der Waals surface area contributed by atoms with E-state index >= 15 is 0 Å². The van der Waals surface area contributed by atoms with Crippen LogP contribution in [-0.4, -0.2) is 16.7 Å². The van der Waals surface area contributed by atoms with Gasteiger partial charge in [-0.1, -0.05) is 43.1 Å². The number of hydrogen-bond donors (Lipinski definition) is 1. The Kier molecular flexibility index (Phi) is 5.13. The number of nitrogens with zero attached hydrogens (tertiary/aromatic N) is 2. The smallest absolute Gasteiger partial charge is 0.227 e. The predicted molar refractivity (Wildman–Crippen MR) is 81.0 cm³/mol. The van der Waals surface area contributed by atoms with Crippen LogP contribution in [-0.2, 0) is 6.42 Å². The Labute approximate surface area is 129 Å². The zero-order valence-electron chi connectivity index (χ0n) is 10.8. The van der Waals surface area contributed by atoms with E-state index in [2.05, 4.69) is 66.4 Å². The lowest BCUT2D eigenvalue weighted by Crippen LogP contribution is -2.21. The van der Waals surface area contributed by atoms with E-state index in [1.54, 1.807) is 0 Å². The van der Waals surface area contributed by atoms with Crippen LogP contribution in [0.5, 0.6) is 0 Å². The second kappa shape index (κ2) is 6.63. The standard InChI is InChI=1S/C13H15Br2N3O/c1-8(11-4-3-10(14)7-12(11)15)16-6-5-13-17-9(2)18-19-13/h3-4,7-8,16H,5-6H2,1-2H3. The van der Waals surface area contributed by atoms with E-state index < -0.39 is 0 Å². The SMILES string of the molecule is Cc1noc(CCNC(C)c2ccc(Br)cc2Br)n1. The van der Waals surface area contributed by atoms with Gasteiger partial charge in [-0.2, -0.15) is 4.98 Å². The van der Waals surface area contributed by atoms with E-state index in [9.17, 15) is 0 Å². The van der Waals surface area contributed by atoms with E-state index in [-0.39, 0.29) is 6.04 Å². The Morgan fingerprint density at radius 2 is 2.16 bits per heavy atom. The topological polar surface area (TPSA) is 51.0 Å². The van der Waals surface area contributed by atoms with Gasteiger partial charge in [0, 0.05) is 28.0 Å². The third kappa shape index (κ3) is 4.12. The second-order valence-electron chi connectivity index (χ2n) is 4.33. The number of hydrogen-bond acceptors (Lipinski definition) is 4. The lowest BCUT2D eigenvalue weighted by atomic mass is 10.1. The van der Waals surface area contributed by atoms with E-state index in [4.69, 9.17) is 4.52 Å².